The lowest BCUT2D eigenvalue weighted by atomic mass is 10.4. The number of halogens is 1. The zero-order valence-corrected chi connectivity index (χ0v) is 14.4. The highest BCUT2D eigenvalue weighted by Crippen LogP contribution is 2.28. The van der Waals surface area contributed by atoms with E-state index in [2.05, 4.69) is 21.2 Å². The zero-order valence-electron chi connectivity index (χ0n) is 12.0. The SMILES string of the molecule is CCNCc1cc(S(=O)(=O)N(C)CCCOC)c(Br)o1. The summed E-state index contributed by atoms with van der Waals surface area (Å²) in [5.74, 6) is 0.586. The number of rotatable bonds is 9. The average molecular weight is 369 g/mol. The summed E-state index contributed by atoms with van der Waals surface area (Å²) in [5, 5.41) is 3.09. The van der Waals surface area contributed by atoms with Gasteiger partial charge in [0, 0.05) is 33.4 Å². The third kappa shape index (κ3) is 4.56. The summed E-state index contributed by atoms with van der Waals surface area (Å²) in [7, 11) is -0.404. The Morgan fingerprint density at radius 3 is 2.80 bits per heavy atom. The number of nitrogens with one attached hydrogen (secondary N) is 1. The van der Waals surface area contributed by atoms with Gasteiger partial charge < -0.3 is 14.5 Å². The number of furan rings is 1. The first-order valence-corrected chi connectivity index (χ1v) is 8.61. The molecule has 0 saturated carbocycles. The molecule has 0 radical (unpaired) electrons. The van der Waals surface area contributed by atoms with Crippen LogP contribution in [-0.4, -0.2) is 46.6 Å². The maximum absolute atomic E-state index is 12.4. The second-order valence-corrected chi connectivity index (χ2v) is 7.04. The first-order valence-electron chi connectivity index (χ1n) is 6.37. The van der Waals surface area contributed by atoms with Gasteiger partial charge >= 0.3 is 0 Å². The second-order valence-electron chi connectivity index (χ2n) is 4.30. The minimum atomic E-state index is -3.54. The predicted molar refractivity (Wildman–Crippen MR) is 80.1 cm³/mol. The molecule has 0 atom stereocenters. The Morgan fingerprint density at radius 1 is 1.50 bits per heavy atom. The van der Waals surface area contributed by atoms with Crippen molar-refractivity contribution in [2.45, 2.75) is 24.8 Å². The van der Waals surface area contributed by atoms with Gasteiger partial charge in [-0.1, -0.05) is 6.92 Å². The van der Waals surface area contributed by atoms with Gasteiger partial charge in [0.25, 0.3) is 0 Å². The Hall–Kier alpha value is -0.410. The summed E-state index contributed by atoms with van der Waals surface area (Å²) < 4.78 is 36.7. The molecule has 0 unspecified atom stereocenters. The number of sulfonamides is 1. The van der Waals surface area contributed by atoms with Crippen LogP contribution in [0.15, 0.2) is 20.0 Å². The molecule has 1 rings (SSSR count). The number of nitrogens with zero attached hydrogens (tertiary/aromatic N) is 1. The van der Waals surface area contributed by atoms with E-state index in [0.717, 1.165) is 6.54 Å². The van der Waals surface area contributed by atoms with Crippen LogP contribution in [0.3, 0.4) is 0 Å². The molecule has 1 N–H and O–H groups in total. The Morgan fingerprint density at radius 2 is 2.20 bits per heavy atom. The quantitative estimate of drug-likeness (QED) is 0.673. The third-order valence-electron chi connectivity index (χ3n) is 2.77. The van der Waals surface area contributed by atoms with Crippen molar-refractivity contribution in [1.29, 1.82) is 0 Å². The largest absolute Gasteiger partial charge is 0.452 e. The molecule has 0 amide bonds. The minimum Gasteiger partial charge on any atom is -0.452 e. The molecule has 116 valence electrons. The van der Waals surface area contributed by atoms with Crippen LogP contribution in [-0.2, 0) is 21.3 Å². The molecule has 0 spiro atoms. The van der Waals surface area contributed by atoms with Crippen molar-refractivity contribution in [3.05, 3.63) is 16.5 Å². The zero-order chi connectivity index (χ0) is 15.2. The molecule has 1 aromatic rings. The van der Waals surface area contributed by atoms with Crippen molar-refractivity contribution in [2.75, 3.05) is 33.9 Å². The maximum atomic E-state index is 12.4. The van der Waals surface area contributed by atoms with Crippen LogP contribution in [0.4, 0.5) is 0 Å². The molecule has 6 nitrogen and oxygen atoms in total. The normalized spacial score (nSPS) is 12.2. The van der Waals surface area contributed by atoms with E-state index >= 15 is 0 Å². The predicted octanol–water partition coefficient (Wildman–Crippen LogP) is 1.81. The molecule has 0 aromatic carbocycles. The van der Waals surface area contributed by atoms with Crippen molar-refractivity contribution in [3.8, 4) is 0 Å². The molecule has 0 saturated heterocycles. The van der Waals surface area contributed by atoms with Crippen molar-refractivity contribution in [2.24, 2.45) is 0 Å². The average Bonchev–Trinajstić information content (AvgIpc) is 2.78. The van der Waals surface area contributed by atoms with E-state index in [4.69, 9.17) is 9.15 Å². The van der Waals surface area contributed by atoms with Crippen LogP contribution >= 0.6 is 15.9 Å². The third-order valence-corrected chi connectivity index (χ3v) is 5.48. The Bertz CT molecular complexity index is 516. The van der Waals surface area contributed by atoms with Crippen LogP contribution in [0, 0.1) is 0 Å². The molecule has 8 heteroatoms. The maximum Gasteiger partial charge on any atom is 0.247 e. The standard InChI is InChI=1S/C12H21BrN2O4S/c1-4-14-9-10-8-11(12(13)19-10)20(16,17)15(2)6-5-7-18-3/h8,14H,4-7,9H2,1-3H3. The fourth-order valence-corrected chi connectivity index (χ4v) is 3.79. The summed E-state index contributed by atoms with van der Waals surface area (Å²) in [6.07, 6.45) is 0.645. The van der Waals surface area contributed by atoms with Gasteiger partial charge in [-0.05, 0) is 28.9 Å². The molecule has 0 aliphatic heterocycles. The van der Waals surface area contributed by atoms with Crippen LogP contribution in [0.25, 0.3) is 0 Å². The van der Waals surface area contributed by atoms with Crippen molar-refractivity contribution >= 4 is 26.0 Å². The summed E-state index contributed by atoms with van der Waals surface area (Å²) in [6, 6.07) is 1.55. The summed E-state index contributed by atoms with van der Waals surface area (Å²) in [5.41, 5.74) is 0. The van der Waals surface area contributed by atoms with Crippen molar-refractivity contribution < 1.29 is 17.6 Å². The first-order chi connectivity index (χ1) is 9.43. The van der Waals surface area contributed by atoms with E-state index < -0.39 is 10.0 Å². The topological polar surface area (TPSA) is 71.8 Å². The molecule has 20 heavy (non-hydrogen) atoms. The van der Waals surface area contributed by atoms with E-state index in [1.165, 1.54) is 4.31 Å². The number of methoxy groups -OCH3 is 1. The second kappa shape index (κ2) is 8.14. The fourth-order valence-electron chi connectivity index (χ4n) is 1.63. The summed E-state index contributed by atoms with van der Waals surface area (Å²) in [4.78, 5) is 0.158. The number of hydrogen-bond donors (Lipinski definition) is 1. The van der Waals surface area contributed by atoms with Gasteiger partial charge in [-0.25, -0.2) is 12.7 Å². The lowest BCUT2D eigenvalue weighted by Gasteiger charge is -2.15. The molecule has 0 aliphatic carbocycles. The highest BCUT2D eigenvalue weighted by Gasteiger charge is 2.26. The van der Waals surface area contributed by atoms with Gasteiger partial charge in [0.2, 0.25) is 10.0 Å². The molecular weight excluding hydrogens is 348 g/mol. The van der Waals surface area contributed by atoms with E-state index in [1.807, 2.05) is 6.92 Å². The summed E-state index contributed by atoms with van der Waals surface area (Å²) in [6.45, 7) is 4.18. The fraction of sp³-hybridized carbons (Fsp3) is 0.667. The Kier molecular flexibility index (Phi) is 7.18. The molecule has 1 heterocycles. The van der Waals surface area contributed by atoms with Crippen LogP contribution in [0.1, 0.15) is 19.1 Å². The van der Waals surface area contributed by atoms with E-state index in [-0.39, 0.29) is 9.56 Å². The first kappa shape index (κ1) is 17.6. The minimum absolute atomic E-state index is 0.158. The van der Waals surface area contributed by atoms with Gasteiger partial charge in [-0.3, -0.25) is 0 Å². The van der Waals surface area contributed by atoms with Gasteiger partial charge in [0.05, 0.1) is 6.54 Å². The van der Waals surface area contributed by atoms with Crippen LogP contribution in [0.2, 0.25) is 0 Å². The number of hydrogen-bond acceptors (Lipinski definition) is 5. The van der Waals surface area contributed by atoms with E-state index in [1.54, 1.807) is 20.2 Å². The van der Waals surface area contributed by atoms with Gasteiger partial charge in [0.15, 0.2) is 4.67 Å². The van der Waals surface area contributed by atoms with Crippen molar-refractivity contribution in [3.63, 3.8) is 0 Å². The number of ether oxygens (including phenoxy) is 1. The molecule has 0 fully saturated rings. The van der Waals surface area contributed by atoms with Crippen molar-refractivity contribution in [1.82, 2.24) is 9.62 Å². The van der Waals surface area contributed by atoms with E-state index in [0.29, 0.717) is 31.9 Å². The van der Waals surface area contributed by atoms with Gasteiger partial charge in [0.1, 0.15) is 10.7 Å². The highest BCUT2D eigenvalue weighted by molar-refractivity contribution is 9.10. The Balaban J connectivity index is 2.83. The van der Waals surface area contributed by atoms with Gasteiger partial charge in [-0.15, -0.1) is 0 Å². The highest BCUT2D eigenvalue weighted by atomic mass is 79.9. The molecule has 1 aromatic heterocycles. The lowest BCUT2D eigenvalue weighted by Crippen LogP contribution is -2.28. The van der Waals surface area contributed by atoms with Crippen LogP contribution in [0.5, 0.6) is 0 Å². The lowest BCUT2D eigenvalue weighted by molar-refractivity contribution is 0.189. The van der Waals surface area contributed by atoms with Crippen LogP contribution < -0.4 is 5.32 Å². The Labute approximate surface area is 128 Å². The molecule has 0 aliphatic rings. The molecular formula is C12H21BrN2O4S. The smallest absolute Gasteiger partial charge is 0.247 e. The summed E-state index contributed by atoms with van der Waals surface area (Å²) >= 11 is 3.17. The van der Waals surface area contributed by atoms with E-state index in [9.17, 15) is 8.42 Å². The van der Waals surface area contributed by atoms with Gasteiger partial charge in [-0.2, -0.15) is 0 Å². The molecule has 0 bridgehead atoms. The monoisotopic (exact) mass is 368 g/mol.